The van der Waals surface area contributed by atoms with E-state index in [2.05, 4.69) is 16.7 Å². The highest BCUT2D eigenvalue weighted by atomic mass is 31.2. The summed E-state index contributed by atoms with van der Waals surface area (Å²) < 4.78 is 67.0. The summed E-state index contributed by atoms with van der Waals surface area (Å²) in [6.07, 6.45) is -1.12. The van der Waals surface area contributed by atoms with Crippen LogP contribution < -0.4 is 5.30 Å². The molecule has 4 rings (SSSR count). The topological polar surface area (TPSA) is 68.1 Å². The fraction of sp³-hybridized carbons (Fsp3) is 0.476. The smallest absolute Gasteiger partial charge is 0.332 e. The summed E-state index contributed by atoms with van der Waals surface area (Å²) in [5.74, 6) is -3.22. The minimum absolute atomic E-state index is 0.0340. The van der Waals surface area contributed by atoms with Crippen LogP contribution in [0.15, 0.2) is 30.7 Å². The van der Waals surface area contributed by atoms with Crippen LogP contribution in [0, 0.1) is 5.92 Å². The van der Waals surface area contributed by atoms with Gasteiger partial charge in [-0.05, 0) is 44.2 Å². The molecule has 1 atom stereocenters. The monoisotopic (exact) mass is 470 g/mol. The van der Waals surface area contributed by atoms with Gasteiger partial charge in [0.25, 0.3) is 5.91 Å². The molecule has 0 spiro atoms. The van der Waals surface area contributed by atoms with E-state index >= 15 is 0 Å². The number of amides is 1. The molecule has 172 valence electrons. The van der Waals surface area contributed by atoms with Gasteiger partial charge < -0.3 is 9.46 Å². The van der Waals surface area contributed by atoms with Crippen molar-refractivity contribution in [3.63, 3.8) is 0 Å². The molecule has 0 aromatic carbocycles. The molecule has 1 saturated heterocycles. The van der Waals surface area contributed by atoms with E-state index in [1.54, 1.807) is 30.2 Å². The van der Waals surface area contributed by atoms with Crippen LogP contribution >= 0.6 is 7.14 Å². The number of nitrogens with zero attached hydrogens (tertiary/aromatic N) is 4. The van der Waals surface area contributed by atoms with Gasteiger partial charge in [-0.2, -0.15) is 18.3 Å². The summed E-state index contributed by atoms with van der Waals surface area (Å²) in [5, 5.41) is 5.23. The molecular weight excluding hydrogens is 447 g/mol. The maximum atomic E-state index is 13.2. The first kappa shape index (κ1) is 22.7. The van der Waals surface area contributed by atoms with Crippen LogP contribution in [0.25, 0.3) is 16.6 Å². The molecule has 3 heterocycles. The summed E-state index contributed by atoms with van der Waals surface area (Å²) in [6, 6.07) is 1.36. The van der Waals surface area contributed by atoms with Crippen LogP contribution in [0.4, 0.5) is 17.6 Å². The molecule has 2 aliphatic rings. The van der Waals surface area contributed by atoms with E-state index in [9.17, 15) is 26.9 Å². The lowest BCUT2D eigenvalue weighted by Crippen LogP contribution is -2.51. The van der Waals surface area contributed by atoms with Crippen molar-refractivity contribution < 1.29 is 26.9 Å². The van der Waals surface area contributed by atoms with Gasteiger partial charge in [0.05, 0.1) is 17.5 Å². The third-order valence-electron chi connectivity index (χ3n) is 6.05. The molecule has 11 heteroatoms. The Hall–Kier alpha value is -2.48. The summed E-state index contributed by atoms with van der Waals surface area (Å²) >= 11 is 0. The number of alkyl halides is 3. The van der Waals surface area contributed by atoms with Crippen molar-refractivity contribution >= 4 is 35.0 Å². The van der Waals surface area contributed by atoms with Crippen LogP contribution in [0.2, 0.25) is 0 Å². The SMILES string of the molecule is C=C(F)C(=O)N1CC(n2nc(C3=CCC(C(F)(F)F)CC3)c3nccc(P(C)(C)=O)c32)C1. The standard InChI is InChI=1S/C21H23F4N4O2P/c1-12(22)20(30)28-10-15(11-28)29-19-16(32(2,3)31)8-9-26-18(19)17(27-29)13-4-6-14(7-5-13)21(23,24)25/h4,8-9,14-15H,1,5-7,10-11H2,2-3H3. The van der Waals surface area contributed by atoms with Crippen molar-refractivity contribution in [2.75, 3.05) is 26.4 Å². The van der Waals surface area contributed by atoms with E-state index in [1.165, 1.54) is 11.1 Å². The van der Waals surface area contributed by atoms with E-state index in [0.717, 1.165) is 0 Å². The molecule has 0 N–H and O–H groups in total. The first-order chi connectivity index (χ1) is 14.9. The van der Waals surface area contributed by atoms with Crippen molar-refractivity contribution in [3.8, 4) is 0 Å². The molecule has 1 fully saturated rings. The maximum absolute atomic E-state index is 13.2. The van der Waals surface area contributed by atoms with Crippen LogP contribution in [-0.2, 0) is 9.36 Å². The molecule has 1 amide bonds. The molecule has 0 bridgehead atoms. The van der Waals surface area contributed by atoms with Crippen molar-refractivity contribution in [2.45, 2.75) is 31.5 Å². The number of carbonyl (C=O) groups excluding carboxylic acids is 1. The number of halogens is 4. The van der Waals surface area contributed by atoms with Gasteiger partial charge in [0.1, 0.15) is 18.4 Å². The number of fused-ring (bicyclic) bond motifs is 1. The van der Waals surface area contributed by atoms with Crippen molar-refractivity contribution in [2.24, 2.45) is 5.92 Å². The highest BCUT2D eigenvalue weighted by Crippen LogP contribution is 2.43. The largest absolute Gasteiger partial charge is 0.392 e. The van der Waals surface area contributed by atoms with Crippen molar-refractivity contribution in [1.29, 1.82) is 0 Å². The van der Waals surface area contributed by atoms with Gasteiger partial charge in [-0.15, -0.1) is 0 Å². The highest BCUT2D eigenvalue weighted by molar-refractivity contribution is 7.70. The van der Waals surface area contributed by atoms with Crippen molar-refractivity contribution in [3.05, 3.63) is 36.4 Å². The molecule has 1 aliphatic heterocycles. The lowest BCUT2D eigenvalue weighted by molar-refractivity contribution is -0.175. The fourth-order valence-electron chi connectivity index (χ4n) is 4.26. The number of hydrogen-bond acceptors (Lipinski definition) is 4. The molecule has 32 heavy (non-hydrogen) atoms. The molecule has 2 aromatic heterocycles. The molecule has 0 radical (unpaired) electrons. The minimum Gasteiger partial charge on any atom is -0.332 e. The molecular formula is C21H23F4N4O2P. The van der Waals surface area contributed by atoms with Crippen LogP contribution in [0.1, 0.15) is 31.0 Å². The highest BCUT2D eigenvalue weighted by Gasteiger charge is 2.41. The quantitative estimate of drug-likeness (QED) is 0.380. The number of rotatable bonds is 4. The molecule has 1 unspecified atom stereocenters. The van der Waals surface area contributed by atoms with Crippen LogP contribution in [0.3, 0.4) is 0 Å². The normalized spacial score (nSPS) is 20.2. The second-order valence-electron chi connectivity index (χ2n) is 8.68. The third-order valence-corrected chi connectivity index (χ3v) is 7.57. The maximum Gasteiger partial charge on any atom is 0.392 e. The van der Waals surface area contributed by atoms with E-state index in [4.69, 9.17) is 0 Å². The van der Waals surface area contributed by atoms with E-state index < -0.39 is 31.0 Å². The molecule has 1 aliphatic carbocycles. The number of allylic oxidation sites excluding steroid dienone is 2. The molecule has 6 nitrogen and oxygen atoms in total. The summed E-state index contributed by atoms with van der Waals surface area (Å²) in [5.41, 5.74) is 2.16. The zero-order valence-electron chi connectivity index (χ0n) is 17.7. The Morgan fingerprint density at radius 1 is 1.28 bits per heavy atom. The van der Waals surface area contributed by atoms with Gasteiger partial charge in [-0.3, -0.25) is 14.5 Å². The van der Waals surface area contributed by atoms with Crippen LogP contribution in [-0.4, -0.2) is 58.2 Å². The predicted octanol–water partition coefficient (Wildman–Crippen LogP) is 4.29. The Balaban J connectivity index is 1.76. The average Bonchev–Trinajstić information content (AvgIpc) is 3.04. The first-order valence-electron chi connectivity index (χ1n) is 10.2. The number of likely N-dealkylation sites (tertiary alicyclic amines) is 1. The number of hydrogen-bond donors (Lipinski definition) is 0. The Morgan fingerprint density at radius 3 is 2.50 bits per heavy atom. The van der Waals surface area contributed by atoms with Crippen LogP contribution in [0.5, 0.6) is 0 Å². The third kappa shape index (κ3) is 4.00. The number of pyridine rings is 1. The van der Waals surface area contributed by atoms with Gasteiger partial charge in [-0.25, -0.2) is 4.39 Å². The number of carbonyl (C=O) groups is 1. The summed E-state index contributed by atoms with van der Waals surface area (Å²) in [6.45, 7) is 6.66. The molecule has 2 aromatic rings. The van der Waals surface area contributed by atoms with Gasteiger partial charge in [0.2, 0.25) is 0 Å². The zero-order chi connectivity index (χ0) is 23.4. The predicted molar refractivity (Wildman–Crippen MR) is 114 cm³/mol. The Morgan fingerprint density at radius 2 is 1.97 bits per heavy atom. The fourth-order valence-corrected chi connectivity index (χ4v) is 5.40. The lowest BCUT2D eigenvalue weighted by atomic mass is 9.88. The average molecular weight is 470 g/mol. The lowest BCUT2D eigenvalue weighted by Gasteiger charge is -2.39. The van der Waals surface area contributed by atoms with E-state index in [0.29, 0.717) is 27.6 Å². The van der Waals surface area contributed by atoms with Gasteiger partial charge in [0.15, 0.2) is 5.83 Å². The second-order valence-corrected chi connectivity index (χ2v) is 11.9. The van der Waals surface area contributed by atoms with E-state index in [-0.39, 0.29) is 38.4 Å². The van der Waals surface area contributed by atoms with Gasteiger partial charge in [-0.1, -0.05) is 12.7 Å². The first-order valence-corrected chi connectivity index (χ1v) is 12.8. The van der Waals surface area contributed by atoms with Gasteiger partial charge in [0, 0.05) is 24.6 Å². The Kier molecular flexibility index (Phi) is 5.56. The Bertz CT molecular complexity index is 1170. The van der Waals surface area contributed by atoms with E-state index in [1.807, 2.05) is 0 Å². The Labute approximate surface area is 182 Å². The second kappa shape index (κ2) is 7.83. The molecule has 0 saturated carbocycles. The minimum atomic E-state index is -4.24. The summed E-state index contributed by atoms with van der Waals surface area (Å²) in [7, 11) is -2.75. The zero-order valence-corrected chi connectivity index (χ0v) is 18.6. The van der Waals surface area contributed by atoms with Gasteiger partial charge >= 0.3 is 6.18 Å². The summed E-state index contributed by atoms with van der Waals surface area (Å²) in [4.78, 5) is 17.5. The number of aromatic nitrogens is 3. The van der Waals surface area contributed by atoms with Crippen molar-refractivity contribution in [1.82, 2.24) is 19.7 Å².